The molecule has 2 fully saturated rings. The molecule has 1 aliphatic carbocycles. The quantitative estimate of drug-likeness (QED) is 0.643. The van der Waals surface area contributed by atoms with Crippen LogP contribution in [0.2, 0.25) is 15.2 Å². The van der Waals surface area contributed by atoms with Gasteiger partial charge in [-0.15, -0.1) is 24.8 Å². The Labute approximate surface area is 171 Å². The highest BCUT2D eigenvalue weighted by atomic mass is 35.5. The van der Waals surface area contributed by atoms with E-state index in [-0.39, 0.29) is 30.9 Å². The van der Waals surface area contributed by atoms with E-state index < -0.39 is 0 Å². The Morgan fingerprint density at radius 3 is 2.29 bits per heavy atom. The highest BCUT2D eigenvalue weighted by Gasteiger charge is 2.34. The molecular formula is C16H24Cl5N3. The molecule has 1 aromatic heterocycles. The molecule has 8 heteroatoms. The standard InChI is InChI=1S/C16H22Cl3N3.2ClH/c17-12-10-21-16(19)14(18)13(12)15(11-4-2-1-3-5-11)22-8-6-20-7-9-22;;/h10-11,15,20H,1-9H2;2*1H/t15-;;/m1../s1. The van der Waals surface area contributed by atoms with Crippen LogP contribution in [0, 0.1) is 5.92 Å². The first-order valence-electron chi connectivity index (χ1n) is 8.12. The largest absolute Gasteiger partial charge is 0.314 e. The van der Waals surface area contributed by atoms with Gasteiger partial charge in [0.25, 0.3) is 0 Å². The summed E-state index contributed by atoms with van der Waals surface area (Å²) in [5, 5.41) is 4.95. The summed E-state index contributed by atoms with van der Waals surface area (Å²) in [6, 6.07) is 0.253. The monoisotopic (exact) mass is 433 g/mol. The van der Waals surface area contributed by atoms with Crippen molar-refractivity contribution >= 4 is 59.6 Å². The number of rotatable bonds is 3. The molecule has 0 bridgehead atoms. The van der Waals surface area contributed by atoms with Gasteiger partial charge in [-0.25, -0.2) is 4.98 Å². The first-order chi connectivity index (χ1) is 10.7. The van der Waals surface area contributed by atoms with Crippen molar-refractivity contribution in [3.8, 4) is 0 Å². The zero-order chi connectivity index (χ0) is 15.5. The molecule has 1 saturated carbocycles. The maximum Gasteiger partial charge on any atom is 0.148 e. The van der Waals surface area contributed by atoms with Crippen molar-refractivity contribution in [2.45, 2.75) is 38.1 Å². The molecule has 24 heavy (non-hydrogen) atoms. The van der Waals surface area contributed by atoms with Gasteiger partial charge in [-0.1, -0.05) is 54.1 Å². The maximum absolute atomic E-state index is 6.51. The third-order valence-electron chi connectivity index (χ3n) is 4.90. The third kappa shape index (κ3) is 5.03. The van der Waals surface area contributed by atoms with Gasteiger partial charge < -0.3 is 5.32 Å². The minimum absolute atomic E-state index is 0. The van der Waals surface area contributed by atoms with Gasteiger partial charge in [-0.3, -0.25) is 4.90 Å². The highest BCUT2D eigenvalue weighted by molar-refractivity contribution is 6.43. The molecule has 1 N–H and O–H groups in total. The minimum atomic E-state index is 0. The van der Waals surface area contributed by atoms with Gasteiger partial charge in [0.15, 0.2) is 0 Å². The van der Waals surface area contributed by atoms with Gasteiger partial charge in [0.05, 0.1) is 10.0 Å². The molecule has 0 unspecified atom stereocenters. The number of pyridine rings is 1. The van der Waals surface area contributed by atoms with E-state index in [1.54, 1.807) is 6.20 Å². The zero-order valence-corrected chi connectivity index (χ0v) is 17.3. The van der Waals surface area contributed by atoms with Gasteiger partial charge in [-0.05, 0) is 18.8 Å². The van der Waals surface area contributed by atoms with Crippen molar-refractivity contribution in [3.05, 3.63) is 27.0 Å². The highest BCUT2D eigenvalue weighted by Crippen LogP contribution is 2.44. The van der Waals surface area contributed by atoms with Crippen molar-refractivity contribution in [2.24, 2.45) is 5.92 Å². The average Bonchev–Trinajstić information content (AvgIpc) is 2.57. The molecule has 3 rings (SSSR count). The van der Waals surface area contributed by atoms with Gasteiger partial charge >= 0.3 is 0 Å². The van der Waals surface area contributed by atoms with Crippen LogP contribution < -0.4 is 5.32 Å². The molecule has 0 radical (unpaired) electrons. The van der Waals surface area contributed by atoms with Crippen molar-refractivity contribution in [1.82, 2.24) is 15.2 Å². The van der Waals surface area contributed by atoms with Crippen LogP contribution in [0.1, 0.15) is 43.7 Å². The summed E-state index contributed by atoms with van der Waals surface area (Å²) < 4.78 is 0. The van der Waals surface area contributed by atoms with Crippen LogP contribution in [0.15, 0.2) is 6.20 Å². The molecule has 1 atom stereocenters. The van der Waals surface area contributed by atoms with E-state index in [4.69, 9.17) is 34.8 Å². The molecule has 0 amide bonds. The molecule has 0 spiro atoms. The SMILES string of the molecule is Cl.Cl.Clc1cnc(Cl)c(Cl)c1[C@@H](C1CCCCC1)N1CCNCC1. The van der Waals surface area contributed by atoms with E-state index >= 15 is 0 Å². The van der Waals surface area contributed by atoms with Crippen LogP contribution in [0.3, 0.4) is 0 Å². The summed E-state index contributed by atoms with van der Waals surface area (Å²) in [5.74, 6) is 0.598. The fourth-order valence-electron chi connectivity index (χ4n) is 3.85. The van der Waals surface area contributed by atoms with Crippen molar-refractivity contribution in [3.63, 3.8) is 0 Å². The van der Waals surface area contributed by atoms with E-state index in [1.807, 2.05) is 0 Å². The number of nitrogens with one attached hydrogen (secondary N) is 1. The fourth-order valence-corrected chi connectivity index (χ4v) is 4.57. The smallest absolute Gasteiger partial charge is 0.148 e. The molecule has 0 aromatic carbocycles. The Morgan fingerprint density at radius 1 is 1.04 bits per heavy atom. The van der Waals surface area contributed by atoms with E-state index in [9.17, 15) is 0 Å². The van der Waals surface area contributed by atoms with Crippen LogP contribution in [-0.2, 0) is 0 Å². The lowest BCUT2D eigenvalue weighted by Gasteiger charge is -2.41. The Balaban J connectivity index is 0.00000144. The van der Waals surface area contributed by atoms with Crippen LogP contribution in [0.5, 0.6) is 0 Å². The predicted molar refractivity (Wildman–Crippen MR) is 108 cm³/mol. The van der Waals surface area contributed by atoms with Gasteiger partial charge in [0.2, 0.25) is 0 Å². The Morgan fingerprint density at radius 2 is 1.67 bits per heavy atom. The number of piperazine rings is 1. The first-order valence-corrected chi connectivity index (χ1v) is 9.26. The number of hydrogen-bond acceptors (Lipinski definition) is 3. The van der Waals surface area contributed by atoms with E-state index in [2.05, 4.69) is 15.2 Å². The summed E-state index contributed by atoms with van der Waals surface area (Å²) in [6.45, 7) is 4.07. The second-order valence-corrected chi connectivity index (χ2v) is 7.40. The van der Waals surface area contributed by atoms with Gasteiger partial charge in [0, 0.05) is 44.0 Å². The normalized spacial score (nSPS) is 20.8. The Hall–Kier alpha value is 0.520. The molecule has 3 nitrogen and oxygen atoms in total. The van der Waals surface area contributed by atoms with Crippen molar-refractivity contribution in [1.29, 1.82) is 0 Å². The summed E-state index contributed by atoms with van der Waals surface area (Å²) >= 11 is 19.2. The Bertz CT molecular complexity index is 499. The Kier molecular flexibility index (Phi) is 9.98. The fraction of sp³-hybridized carbons (Fsp3) is 0.688. The maximum atomic E-state index is 6.51. The summed E-state index contributed by atoms with van der Waals surface area (Å²) in [4.78, 5) is 6.61. The predicted octanol–water partition coefficient (Wildman–Crippen LogP) is 5.41. The lowest BCUT2D eigenvalue weighted by Crippen LogP contribution is -2.47. The van der Waals surface area contributed by atoms with Gasteiger partial charge in [0.1, 0.15) is 5.15 Å². The summed E-state index contributed by atoms with van der Waals surface area (Å²) in [6.07, 6.45) is 8.04. The lowest BCUT2D eigenvalue weighted by molar-refractivity contribution is 0.103. The van der Waals surface area contributed by atoms with E-state index in [1.165, 1.54) is 32.1 Å². The summed E-state index contributed by atoms with van der Waals surface area (Å²) in [5.41, 5.74) is 0.983. The average molecular weight is 436 g/mol. The third-order valence-corrected chi connectivity index (χ3v) is 5.97. The zero-order valence-electron chi connectivity index (χ0n) is 13.4. The van der Waals surface area contributed by atoms with Crippen LogP contribution in [-0.4, -0.2) is 36.1 Å². The second kappa shape index (κ2) is 10.6. The number of hydrogen-bond donors (Lipinski definition) is 1. The van der Waals surface area contributed by atoms with Crippen LogP contribution in [0.4, 0.5) is 0 Å². The van der Waals surface area contributed by atoms with E-state index in [0.717, 1.165) is 31.7 Å². The molecule has 1 saturated heterocycles. The number of nitrogens with zero attached hydrogens (tertiary/aromatic N) is 2. The lowest BCUT2D eigenvalue weighted by atomic mass is 9.80. The molecule has 1 aromatic rings. The van der Waals surface area contributed by atoms with Crippen LogP contribution in [0.25, 0.3) is 0 Å². The number of halogens is 5. The van der Waals surface area contributed by atoms with Gasteiger partial charge in [-0.2, -0.15) is 0 Å². The number of aromatic nitrogens is 1. The molecule has 1 aliphatic heterocycles. The summed E-state index contributed by atoms with van der Waals surface area (Å²) in [7, 11) is 0. The molecular weight excluding hydrogens is 411 g/mol. The first kappa shape index (κ1) is 22.6. The van der Waals surface area contributed by atoms with E-state index in [0.29, 0.717) is 21.1 Å². The van der Waals surface area contributed by atoms with Crippen molar-refractivity contribution in [2.75, 3.05) is 26.2 Å². The topological polar surface area (TPSA) is 28.2 Å². The molecule has 138 valence electrons. The van der Waals surface area contributed by atoms with Crippen molar-refractivity contribution < 1.29 is 0 Å². The minimum Gasteiger partial charge on any atom is -0.314 e. The van der Waals surface area contributed by atoms with Crippen LogP contribution >= 0.6 is 59.6 Å². The molecule has 2 aliphatic rings. The second-order valence-electron chi connectivity index (χ2n) is 6.25. The molecule has 2 heterocycles.